The fourth-order valence-electron chi connectivity index (χ4n) is 11.3. The summed E-state index contributed by atoms with van der Waals surface area (Å²) in [4.78, 5) is 0. The number of benzene rings is 4. The van der Waals surface area contributed by atoms with E-state index >= 15 is 0 Å². The van der Waals surface area contributed by atoms with Crippen LogP contribution in [-0.4, -0.2) is 0 Å². The standard InChI is InChI=1S/C43H40O/c1-42(2)37-13-7-8-14-40(37)44-41-18-16-29(25-39(41)42)33-10-4-3-9-32(33)28-15-17-35-34-11-5-6-12-36(34)43(38(35)24-28)30-20-26-19-27(22-30)23-31(43)21-26/h3-12,14-18,24-27,30-31,37H,13,19-23H2,1-2H3. The highest BCUT2D eigenvalue weighted by Crippen LogP contribution is 2.69. The molecule has 1 unspecified atom stereocenters. The third-order valence-corrected chi connectivity index (χ3v) is 13.0. The predicted octanol–water partition coefficient (Wildman–Crippen LogP) is 10.9. The normalized spacial score (nSPS) is 31.1. The van der Waals surface area contributed by atoms with Crippen LogP contribution in [0.5, 0.6) is 5.75 Å². The topological polar surface area (TPSA) is 9.23 Å². The van der Waals surface area contributed by atoms with Crippen LogP contribution < -0.4 is 4.74 Å². The van der Waals surface area contributed by atoms with Gasteiger partial charge in [0.1, 0.15) is 11.5 Å². The molecule has 0 radical (unpaired) electrons. The molecule has 44 heavy (non-hydrogen) atoms. The number of rotatable bonds is 2. The smallest absolute Gasteiger partial charge is 0.130 e. The molecule has 0 saturated heterocycles. The quantitative estimate of drug-likeness (QED) is 0.232. The largest absolute Gasteiger partial charge is 0.461 e. The Balaban J connectivity index is 1.12. The van der Waals surface area contributed by atoms with E-state index in [0.717, 1.165) is 41.6 Å². The van der Waals surface area contributed by atoms with E-state index in [1.54, 1.807) is 11.1 Å². The van der Waals surface area contributed by atoms with Crippen LogP contribution >= 0.6 is 0 Å². The molecule has 4 bridgehead atoms. The Labute approximate surface area is 261 Å². The van der Waals surface area contributed by atoms with Crippen molar-refractivity contribution in [1.82, 2.24) is 0 Å². The Morgan fingerprint density at radius 1 is 0.614 bits per heavy atom. The molecule has 4 saturated carbocycles. The summed E-state index contributed by atoms with van der Waals surface area (Å²) in [7, 11) is 0. The van der Waals surface area contributed by atoms with Crippen molar-refractivity contribution in [3.05, 3.63) is 126 Å². The zero-order valence-corrected chi connectivity index (χ0v) is 25.9. The van der Waals surface area contributed by atoms with E-state index in [4.69, 9.17) is 4.74 Å². The molecule has 1 heterocycles. The summed E-state index contributed by atoms with van der Waals surface area (Å²) >= 11 is 0. The maximum Gasteiger partial charge on any atom is 0.130 e. The maximum absolute atomic E-state index is 6.48. The third kappa shape index (κ3) is 3.26. The Morgan fingerprint density at radius 2 is 1.23 bits per heavy atom. The van der Waals surface area contributed by atoms with Crippen LogP contribution in [0.2, 0.25) is 0 Å². The summed E-state index contributed by atoms with van der Waals surface area (Å²) in [5.74, 6) is 5.96. The Hall–Kier alpha value is -3.84. The highest BCUT2D eigenvalue weighted by atomic mass is 16.5. The first-order valence-electron chi connectivity index (χ1n) is 17.0. The minimum atomic E-state index is 0.000326. The number of ether oxygens (including phenoxy) is 1. The van der Waals surface area contributed by atoms with Crippen LogP contribution in [-0.2, 0) is 10.8 Å². The molecule has 1 aliphatic heterocycles. The lowest BCUT2D eigenvalue weighted by atomic mass is 9.43. The van der Waals surface area contributed by atoms with Crippen molar-refractivity contribution in [2.24, 2.45) is 29.6 Å². The van der Waals surface area contributed by atoms with Crippen molar-refractivity contribution in [3.63, 3.8) is 0 Å². The second-order valence-electron chi connectivity index (χ2n) is 15.3. The molecule has 1 heteroatoms. The molecule has 4 fully saturated rings. The van der Waals surface area contributed by atoms with Gasteiger partial charge < -0.3 is 4.74 Å². The van der Waals surface area contributed by atoms with E-state index in [0.29, 0.717) is 5.92 Å². The van der Waals surface area contributed by atoms with Crippen molar-refractivity contribution in [2.45, 2.75) is 63.2 Å². The molecule has 0 amide bonds. The molecule has 1 atom stereocenters. The Kier molecular flexibility index (Phi) is 5.14. The van der Waals surface area contributed by atoms with Gasteiger partial charge in [-0.3, -0.25) is 0 Å². The first kappa shape index (κ1) is 25.5. The van der Waals surface area contributed by atoms with Crippen molar-refractivity contribution in [3.8, 4) is 39.1 Å². The average Bonchev–Trinajstić information content (AvgIpc) is 3.33. The van der Waals surface area contributed by atoms with Crippen molar-refractivity contribution in [2.75, 3.05) is 0 Å². The molecule has 7 aliphatic rings. The van der Waals surface area contributed by atoms with Crippen LogP contribution in [0.3, 0.4) is 0 Å². The van der Waals surface area contributed by atoms with E-state index in [9.17, 15) is 0 Å². The summed E-state index contributed by atoms with van der Waals surface area (Å²) in [5.41, 5.74) is 13.0. The van der Waals surface area contributed by atoms with Crippen molar-refractivity contribution in [1.29, 1.82) is 0 Å². The minimum Gasteiger partial charge on any atom is -0.461 e. The van der Waals surface area contributed by atoms with E-state index < -0.39 is 0 Å². The fourth-order valence-corrected chi connectivity index (χ4v) is 11.3. The first-order chi connectivity index (χ1) is 21.5. The second-order valence-corrected chi connectivity index (χ2v) is 15.3. The van der Waals surface area contributed by atoms with E-state index in [1.807, 2.05) is 0 Å². The lowest BCUT2D eigenvalue weighted by Crippen LogP contribution is -2.55. The lowest BCUT2D eigenvalue weighted by molar-refractivity contribution is -0.0399. The van der Waals surface area contributed by atoms with Crippen LogP contribution in [0.1, 0.15) is 69.1 Å². The second kappa shape index (κ2) is 8.87. The maximum atomic E-state index is 6.48. The molecule has 4 aromatic carbocycles. The van der Waals surface area contributed by atoms with Crippen molar-refractivity contribution < 1.29 is 4.74 Å². The summed E-state index contributed by atoms with van der Waals surface area (Å²) in [6, 6.07) is 32.9. The van der Waals surface area contributed by atoms with Crippen molar-refractivity contribution >= 4 is 0 Å². The molecule has 1 spiro atoms. The van der Waals surface area contributed by atoms with E-state index in [2.05, 4.69) is 117 Å². The van der Waals surface area contributed by atoms with Gasteiger partial charge in [0, 0.05) is 22.3 Å². The summed E-state index contributed by atoms with van der Waals surface area (Å²) in [6.45, 7) is 4.79. The summed E-state index contributed by atoms with van der Waals surface area (Å²) < 4.78 is 6.48. The number of allylic oxidation sites excluding steroid dienone is 4. The molecule has 0 N–H and O–H groups in total. The van der Waals surface area contributed by atoms with Gasteiger partial charge in [-0.1, -0.05) is 92.7 Å². The zero-order chi connectivity index (χ0) is 29.2. The van der Waals surface area contributed by atoms with Gasteiger partial charge >= 0.3 is 0 Å². The van der Waals surface area contributed by atoms with Gasteiger partial charge in [-0.05, 0) is 131 Å². The molecule has 4 aromatic rings. The van der Waals surface area contributed by atoms with E-state index in [-0.39, 0.29) is 10.8 Å². The highest BCUT2D eigenvalue weighted by Gasteiger charge is 2.61. The van der Waals surface area contributed by atoms with Crippen LogP contribution in [0.4, 0.5) is 0 Å². The molecule has 0 aromatic heterocycles. The number of hydrogen-bond donors (Lipinski definition) is 0. The predicted molar refractivity (Wildman–Crippen MR) is 180 cm³/mol. The number of hydrogen-bond acceptors (Lipinski definition) is 1. The van der Waals surface area contributed by atoms with Gasteiger partial charge in [-0.15, -0.1) is 0 Å². The monoisotopic (exact) mass is 572 g/mol. The lowest BCUT2D eigenvalue weighted by Gasteiger charge is -2.61. The molecular formula is C43H40O. The number of fused-ring (bicyclic) bond motifs is 5. The zero-order valence-electron chi connectivity index (χ0n) is 25.9. The van der Waals surface area contributed by atoms with E-state index in [1.165, 1.54) is 71.0 Å². The highest BCUT2D eigenvalue weighted by molar-refractivity contribution is 5.89. The van der Waals surface area contributed by atoms with Gasteiger partial charge in [0.25, 0.3) is 0 Å². The SMILES string of the molecule is CC1(C)c2cc(-c3ccccc3-c3ccc4c(c3)C3(c5ccccc5-4)C4CC5CC(C4)CC3C5)ccc2OC2=CC=CCC21. The molecule has 218 valence electrons. The minimum absolute atomic E-state index is 0.000326. The summed E-state index contributed by atoms with van der Waals surface area (Å²) in [6.07, 6.45) is 14.8. The molecular weight excluding hydrogens is 532 g/mol. The van der Waals surface area contributed by atoms with Crippen LogP contribution in [0.15, 0.2) is 109 Å². The molecule has 1 nitrogen and oxygen atoms in total. The van der Waals surface area contributed by atoms with Gasteiger partial charge in [-0.2, -0.15) is 0 Å². The average molecular weight is 573 g/mol. The van der Waals surface area contributed by atoms with Gasteiger partial charge in [0.2, 0.25) is 0 Å². The van der Waals surface area contributed by atoms with Gasteiger partial charge in [-0.25, -0.2) is 0 Å². The molecule has 11 rings (SSSR count). The fraction of sp³-hybridized carbons (Fsp3) is 0.349. The van der Waals surface area contributed by atoms with Crippen LogP contribution in [0.25, 0.3) is 33.4 Å². The molecule has 6 aliphatic carbocycles. The summed E-state index contributed by atoms with van der Waals surface area (Å²) in [5, 5.41) is 0. The van der Waals surface area contributed by atoms with Gasteiger partial charge in [0.05, 0.1) is 0 Å². The Bertz CT molecular complexity index is 1890. The van der Waals surface area contributed by atoms with Crippen LogP contribution in [0, 0.1) is 29.6 Å². The Morgan fingerprint density at radius 3 is 1.95 bits per heavy atom. The third-order valence-electron chi connectivity index (χ3n) is 13.0. The first-order valence-corrected chi connectivity index (χ1v) is 17.0. The van der Waals surface area contributed by atoms with Gasteiger partial charge in [0.15, 0.2) is 0 Å².